The van der Waals surface area contributed by atoms with E-state index in [-0.39, 0.29) is 0 Å². The molecule has 1 rings (SSSR count). The number of nitrogens with zero attached hydrogens (tertiary/aromatic N) is 1. The first kappa shape index (κ1) is 10.1. The molecule has 13 heavy (non-hydrogen) atoms. The highest BCUT2D eigenvalue weighted by Gasteiger charge is 1.97. The van der Waals surface area contributed by atoms with Crippen LogP contribution >= 0.6 is 0 Å². The Kier molecular flexibility index (Phi) is 3.81. The van der Waals surface area contributed by atoms with Gasteiger partial charge in [0.2, 0.25) is 0 Å². The summed E-state index contributed by atoms with van der Waals surface area (Å²) >= 11 is 0. The van der Waals surface area contributed by atoms with Crippen LogP contribution in [0, 0.1) is 0 Å². The Hall–Kier alpha value is -0.980. The number of rotatable bonds is 4. The summed E-state index contributed by atoms with van der Waals surface area (Å²) in [7, 11) is 0. The van der Waals surface area contributed by atoms with Crippen LogP contribution in [0.25, 0.3) is 0 Å². The zero-order valence-corrected chi connectivity index (χ0v) is 7.27. The van der Waals surface area contributed by atoms with Crippen molar-refractivity contribution >= 4 is 0 Å². The maximum Gasteiger partial charge on any atom is 0.0646 e. The van der Waals surface area contributed by atoms with Crippen molar-refractivity contribution in [2.24, 2.45) is 11.7 Å². The minimum absolute atomic E-state index is 0.304. The van der Waals surface area contributed by atoms with E-state index in [1.165, 1.54) is 0 Å². The molecule has 0 unspecified atom stereocenters. The highest BCUT2D eigenvalue weighted by Crippen LogP contribution is 2.05. The zero-order valence-electron chi connectivity index (χ0n) is 7.27. The molecule has 0 aliphatic carbocycles. The van der Waals surface area contributed by atoms with E-state index >= 15 is 0 Å². The van der Waals surface area contributed by atoms with Crippen LogP contribution in [-0.2, 0) is 13.1 Å². The van der Waals surface area contributed by atoms with E-state index in [9.17, 15) is 0 Å². The number of hydrogen-bond donors (Lipinski definition) is 4. The number of nitrogens with one attached hydrogen (secondary N) is 1. The molecule has 0 radical (unpaired) electrons. The van der Waals surface area contributed by atoms with Crippen LogP contribution in [0.4, 0.5) is 0 Å². The van der Waals surface area contributed by atoms with Crippen LogP contribution in [0.2, 0.25) is 0 Å². The van der Waals surface area contributed by atoms with E-state index in [0.717, 1.165) is 11.1 Å². The second-order valence-corrected chi connectivity index (χ2v) is 2.80. The topological polar surface area (TPSA) is 87.5 Å². The minimum Gasteiger partial charge on any atom is -0.299 e. The SMILES string of the molecule is NNCc1cccc(CN(N)O)c1. The molecule has 1 aromatic carbocycles. The molecule has 5 heteroatoms. The van der Waals surface area contributed by atoms with Crippen LogP contribution in [0.15, 0.2) is 24.3 Å². The summed E-state index contributed by atoms with van der Waals surface area (Å²) in [5.74, 6) is 10.3. The molecule has 0 bridgehead atoms. The molecule has 0 spiro atoms. The van der Waals surface area contributed by atoms with Gasteiger partial charge in [0.05, 0.1) is 6.54 Å². The first-order chi connectivity index (χ1) is 6.22. The third-order valence-corrected chi connectivity index (χ3v) is 1.64. The summed E-state index contributed by atoms with van der Waals surface area (Å²) in [4.78, 5) is 0. The molecule has 0 fully saturated rings. The van der Waals surface area contributed by atoms with Crippen LogP contribution in [0.5, 0.6) is 0 Å². The van der Waals surface area contributed by atoms with Gasteiger partial charge in [-0.3, -0.25) is 16.5 Å². The van der Waals surface area contributed by atoms with Gasteiger partial charge in [-0.25, -0.2) is 5.84 Å². The lowest BCUT2D eigenvalue weighted by atomic mass is 10.1. The van der Waals surface area contributed by atoms with E-state index in [1.54, 1.807) is 0 Å². The summed E-state index contributed by atoms with van der Waals surface area (Å²) in [6, 6.07) is 7.65. The first-order valence-electron chi connectivity index (χ1n) is 3.95. The molecule has 0 heterocycles. The quantitative estimate of drug-likeness (QED) is 0.380. The van der Waals surface area contributed by atoms with Crippen molar-refractivity contribution in [2.45, 2.75) is 13.1 Å². The molecule has 5 nitrogen and oxygen atoms in total. The molecule has 1 aromatic rings. The summed E-state index contributed by atoms with van der Waals surface area (Å²) in [6.45, 7) is 0.905. The van der Waals surface area contributed by atoms with Crippen LogP contribution in [0.3, 0.4) is 0 Å². The molecule has 0 aliphatic rings. The fourth-order valence-corrected chi connectivity index (χ4v) is 1.14. The Morgan fingerprint density at radius 3 is 2.69 bits per heavy atom. The van der Waals surface area contributed by atoms with Gasteiger partial charge in [0.25, 0.3) is 0 Å². The Morgan fingerprint density at radius 1 is 1.38 bits per heavy atom. The van der Waals surface area contributed by atoms with Gasteiger partial charge in [0.1, 0.15) is 0 Å². The molecular formula is C8H14N4O. The Balaban J connectivity index is 2.67. The van der Waals surface area contributed by atoms with Crippen molar-refractivity contribution in [2.75, 3.05) is 0 Å². The number of benzene rings is 1. The van der Waals surface area contributed by atoms with Gasteiger partial charge in [0, 0.05) is 6.54 Å². The molecule has 0 saturated heterocycles. The van der Waals surface area contributed by atoms with Gasteiger partial charge in [-0.05, 0) is 11.1 Å². The van der Waals surface area contributed by atoms with Crippen molar-refractivity contribution in [3.8, 4) is 0 Å². The lowest BCUT2D eigenvalue weighted by Gasteiger charge is -2.08. The number of hydrazine groups is 2. The van der Waals surface area contributed by atoms with Crippen molar-refractivity contribution in [3.63, 3.8) is 0 Å². The predicted octanol–water partition coefficient (Wildman–Crippen LogP) is -0.285. The van der Waals surface area contributed by atoms with E-state index < -0.39 is 0 Å². The van der Waals surface area contributed by atoms with Gasteiger partial charge in [-0.2, -0.15) is 0 Å². The van der Waals surface area contributed by atoms with Gasteiger partial charge >= 0.3 is 0 Å². The zero-order chi connectivity index (χ0) is 9.68. The lowest BCUT2D eigenvalue weighted by molar-refractivity contribution is -0.102. The number of nitrogens with two attached hydrogens (primary N) is 2. The van der Waals surface area contributed by atoms with Crippen molar-refractivity contribution in [3.05, 3.63) is 35.4 Å². The van der Waals surface area contributed by atoms with Gasteiger partial charge in [0.15, 0.2) is 0 Å². The average molecular weight is 182 g/mol. The molecular weight excluding hydrogens is 168 g/mol. The fourth-order valence-electron chi connectivity index (χ4n) is 1.14. The number of hydrogen-bond acceptors (Lipinski definition) is 5. The minimum atomic E-state index is 0.304. The van der Waals surface area contributed by atoms with Crippen molar-refractivity contribution < 1.29 is 5.21 Å². The second-order valence-electron chi connectivity index (χ2n) is 2.80. The molecule has 0 saturated carbocycles. The summed E-state index contributed by atoms with van der Waals surface area (Å²) in [5, 5.41) is 9.45. The average Bonchev–Trinajstić information content (AvgIpc) is 2.04. The largest absolute Gasteiger partial charge is 0.299 e. The molecule has 6 N–H and O–H groups in total. The van der Waals surface area contributed by atoms with Gasteiger partial charge < -0.3 is 0 Å². The van der Waals surface area contributed by atoms with Crippen LogP contribution in [0.1, 0.15) is 11.1 Å². The summed E-state index contributed by atoms with van der Waals surface area (Å²) in [5.41, 5.74) is 4.56. The summed E-state index contributed by atoms with van der Waals surface area (Å²) < 4.78 is 0. The second kappa shape index (κ2) is 4.90. The monoisotopic (exact) mass is 182 g/mol. The molecule has 72 valence electrons. The Morgan fingerprint density at radius 2 is 2.08 bits per heavy atom. The van der Waals surface area contributed by atoms with Crippen molar-refractivity contribution in [1.29, 1.82) is 0 Å². The van der Waals surface area contributed by atoms with Crippen LogP contribution in [-0.4, -0.2) is 10.4 Å². The van der Waals surface area contributed by atoms with E-state index in [2.05, 4.69) is 5.43 Å². The predicted molar refractivity (Wildman–Crippen MR) is 49.0 cm³/mol. The molecule has 0 aliphatic heterocycles. The smallest absolute Gasteiger partial charge is 0.0646 e. The van der Waals surface area contributed by atoms with E-state index in [1.807, 2.05) is 24.3 Å². The maximum atomic E-state index is 8.80. The summed E-state index contributed by atoms with van der Waals surface area (Å²) in [6.07, 6.45) is 0. The van der Waals surface area contributed by atoms with Crippen molar-refractivity contribution in [1.82, 2.24) is 10.6 Å². The van der Waals surface area contributed by atoms with E-state index in [0.29, 0.717) is 18.3 Å². The normalized spacial score (nSPS) is 10.8. The highest BCUT2D eigenvalue weighted by molar-refractivity contribution is 5.23. The lowest BCUT2D eigenvalue weighted by Crippen LogP contribution is -2.26. The highest BCUT2D eigenvalue weighted by atomic mass is 16.5. The number of hydroxylamine groups is 1. The molecule has 0 atom stereocenters. The van der Waals surface area contributed by atoms with Gasteiger partial charge in [-0.15, -0.1) is 5.17 Å². The standard InChI is InChI=1S/C8H14N4O/c9-11-5-7-2-1-3-8(4-7)6-12(10)13/h1-4,11,13H,5-6,9-10H2. The third kappa shape index (κ3) is 3.49. The Labute approximate surface area is 76.8 Å². The third-order valence-electron chi connectivity index (χ3n) is 1.64. The Bertz CT molecular complexity index is 264. The molecule has 0 amide bonds. The van der Waals surface area contributed by atoms with E-state index in [4.69, 9.17) is 16.9 Å². The van der Waals surface area contributed by atoms with Gasteiger partial charge in [-0.1, -0.05) is 24.3 Å². The first-order valence-corrected chi connectivity index (χ1v) is 3.95. The fraction of sp³-hybridized carbons (Fsp3) is 0.250. The van der Waals surface area contributed by atoms with Crippen LogP contribution < -0.4 is 17.1 Å². The molecule has 0 aromatic heterocycles. The maximum absolute atomic E-state index is 8.80.